The quantitative estimate of drug-likeness (QED) is 0.236. The molecule has 2 heterocycles. The monoisotopic (exact) mass is 572 g/mol. The Hall–Kier alpha value is -4.89. The molecule has 1 fully saturated rings. The van der Waals surface area contributed by atoms with Crippen molar-refractivity contribution in [1.82, 2.24) is 9.55 Å². The Morgan fingerprint density at radius 3 is 1.81 bits per heavy atom. The van der Waals surface area contributed by atoms with Crippen molar-refractivity contribution in [3.8, 4) is 0 Å². The van der Waals surface area contributed by atoms with Crippen molar-refractivity contribution in [3.05, 3.63) is 166 Å². The lowest BCUT2D eigenvalue weighted by Crippen LogP contribution is -2.56. The average molecular weight is 573 g/mol. The van der Waals surface area contributed by atoms with Crippen LogP contribution < -0.4 is 16.7 Å². The van der Waals surface area contributed by atoms with Crippen molar-refractivity contribution in [3.63, 3.8) is 0 Å². The summed E-state index contributed by atoms with van der Waals surface area (Å²) in [4.78, 5) is 29.7. The van der Waals surface area contributed by atoms with Crippen LogP contribution >= 0.6 is 0 Å². The Morgan fingerprint density at radius 1 is 0.837 bits per heavy atom. The second-order valence-electron chi connectivity index (χ2n) is 10.6. The van der Waals surface area contributed by atoms with Crippen LogP contribution in [0.2, 0.25) is 0 Å². The van der Waals surface area contributed by atoms with Gasteiger partial charge in [-0.2, -0.15) is 4.98 Å². The van der Waals surface area contributed by atoms with Gasteiger partial charge < -0.3 is 20.9 Å². The van der Waals surface area contributed by atoms with Gasteiger partial charge in [-0.15, -0.1) is 0 Å². The van der Waals surface area contributed by atoms with E-state index in [-0.39, 0.29) is 18.1 Å². The first-order valence-electron chi connectivity index (χ1n) is 14.2. The van der Waals surface area contributed by atoms with Crippen molar-refractivity contribution in [2.75, 3.05) is 5.32 Å². The fraction of sp³-hybridized carbons (Fsp3) is 0.171. The summed E-state index contributed by atoms with van der Waals surface area (Å²) >= 11 is 0. The van der Waals surface area contributed by atoms with Crippen LogP contribution in [0.4, 0.5) is 5.82 Å². The van der Waals surface area contributed by atoms with Crippen LogP contribution in [0, 0.1) is 0 Å². The summed E-state index contributed by atoms with van der Waals surface area (Å²) in [6.45, 7) is 0. The summed E-state index contributed by atoms with van der Waals surface area (Å²) in [6, 6.07) is 39.4. The molecule has 216 valence electrons. The van der Waals surface area contributed by atoms with Gasteiger partial charge in [0.15, 0.2) is 0 Å². The van der Waals surface area contributed by atoms with Crippen LogP contribution in [0.15, 0.2) is 138 Å². The van der Waals surface area contributed by atoms with Gasteiger partial charge >= 0.3 is 5.69 Å². The summed E-state index contributed by atoms with van der Waals surface area (Å²) in [5.74, 6) is -0.249. The van der Waals surface area contributed by atoms with Crippen molar-refractivity contribution >= 4 is 11.7 Å². The molecule has 0 radical (unpaired) electrons. The predicted octanol–water partition coefficient (Wildman–Crippen LogP) is 4.51. The van der Waals surface area contributed by atoms with Crippen molar-refractivity contribution in [1.29, 1.82) is 0 Å². The molecule has 43 heavy (non-hydrogen) atoms. The zero-order chi connectivity index (χ0) is 29.8. The standard InChI is InChI=1S/C35H32N4O4/c36-32(35(25-15-7-2-8-16-25,26-17-9-3-10-18-26)27-19-11-4-12-20-27)31-28(40)23-30(43-31)39-22-21-29(38-34(39)42)37-33(41)24-13-5-1-6-14-24/h1-22,28,30-32,40H,23,36H2,(H,37,38,41,42)/t28?,30-,31+,32?/m1/s1. The number of carbonyl (C=O) groups is 1. The van der Waals surface area contributed by atoms with Gasteiger partial charge in [0, 0.05) is 18.2 Å². The van der Waals surface area contributed by atoms with E-state index < -0.39 is 35.6 Å². The molecule has 1 aliphatic heterocycles. The number of nitrogens with zero attached hydrogens (tertiary/aromatic N) is 2. The Bertz CT molecular complexity index is 1630. The molecule has 6 rings (SSSR count). The lowest BCUT2D eigenvalue weighted by Gasteiger charge is -2.43. The van der Waals surface area contributed by atoms with Crippen LogP contribution in [-0.4, -0.2) is 38.8 Å². The highest BCUT2D eigenvalue weighted by molar-refractivity contribution is 6.03. The lowest BCUT2D eigenvalue weighted by atomic mass is 9.63. The zero-order valence-corrected chi connectivity index (χ0v) is 23.4. The fourth-order valence-corrected chi connectivity index (χ4v) is 6.08. The molecular weight excluding hydrogens is 540 g/mol. The lowest BCUT2D eigenvalue weighted by molar-refractivity contribution is -0.0403. The Morgan fingerprint density at radius 2 is 1.33 bits per heavy atom. The van der Waals surface area contributed by atoms with Crippen molar-refractivity contribution in [2.45, 2.75) is 36.3 Å². The topological polar surface area (TPSA) is 119 Å². The van der Waals surface area contributed by atoms with Crippen LogP contribution in [0.3, 0.4) is 0 Å². The third-order valence-electron chi connectivity index (χ3n) is 8.10. The smallest absolute Gasteiger partial charge is 0.351 e. The molecule has 1 saturated heterocycles. The number of aliphatic hydroxyl groups excluding tert-OH is 1. The average Bonchev–Trinajstić information content (AvgIpc) is 3.44. The number of aromatic nitrogens is 2. The number of rotatable bonds is 8. The van der Waals surface area contributed by atoms with Crippen molar-refractivity contribution in [2.24, 2.45) is 5.73 Å². The SMILES string of the molecule is NC([C@H]1O[C@@H](n2ccc(NC(=O)c3ccccc3)nc2=O)CC1O)C(c1ccccc1)(c1ccccc1)c1ccccc1. The number of nitrogens with two attached hydrogens (primary N) is 1. The summed E-state index contributed by atoms with van der Waals surface area (Å²) < 4.78 is 7.75. The van der Waals surface area contributed by atoms with Gasteiger partial charge in [-0.1, -0.05) is 109 Å². The molecule has 8 nitrogen and oxygen atoms in total. The Labute approximate surface area is 249 Å². The van der Waals surface area contributed by atoms with Crippen molar-refractivity contribution < 1.29 is 14.6 Å². The molecule has 4 aromatic carbocycles. The minimum absolute atomic E-state index is 0.123. The fourth-order valence-electron chi connectivity index (χ4n) is 6.08. The Balaban J connectivity index is 1.33. The maximum atomic E-state index is 13.1. The van der Waals surface area contributed by atoms with E-state index in [1.807, 2.05) is 97.1 Å². The molecule has 1 aromatic heterocycles. The predicted molar refractivity (Wildman–Crippen MR) is 165 cm³/mol. The van der Waals surface area contributed by atoms with Crippen LogP contribution in [-0.2, 0) is 10.2 Å². The molecule has 1 amide bonds. The van der Waals surface area contributed by atoms with E-state index in [9.17, 15) is 14.7 Å². The highest BCUT2D eigenvalue weighted by Crippen LogP contribution is 2.45. The minimum atomic E-state index is -0.958. The number of aliphatic hydroxyl groups is 1. The summed E-state index contributed by atoms with van der Waals surface area (Å²) in [5, 5.41) is 14.0. The minimum Gasteiger partial charge on any atom is -0.390 e. The number of ether oxygens (including phenoxy) is 1. The van der Waals surface area contributed by atoms with Gasteiger partial charge in [-0.3, -0.25) is 9.36 Å². The number of carbonyl (C=O) groups excluding carboxylic acids is 1. The highest BCUT2D eigenvalue weighted by Gasteiger charge is 2.51. The summed E-state index contributed by atoms with van der Waals surface area (Å²) in [6.07, 6.45) is -0.927. The molecule has 1 aliphatic rings. The van der Waals surface area contributed by atoms with E-state index in [1.54, 1.807) is 24.3 Å². The second-order valence-corrected chi connectivity index (χ2v) is 10.6. The number of hydrogen-bond acceptors (Lipinski definition) is 6. The first kappa shape index (κ1) is 28.2. The first-order chi connectivity index (χ1) is 21.0. The number of hydrogen-bond donors (Lipinski definition) is 3. The van der Waals surface area contributed by atoms with Gasteiger partial charge in [0.05, 0.1) is 17.6 Å². The Kier molecular flexibility index (Phi) is 7.98. The normalized spacial score (nSPS) is 19.1. The molecule has 2 unspecified atom stereocenters. The van der Waals surface area contributed by atoms with Crippen LogP contribution in [0.1, 0.15) is 39.7 Å². The maximum Gasteiger partial charge on any atom is 0.351 e. The third-order valence-corrected chi connectivity index (χ3v) is 8.10. The highest BCUT2D eigenvalue weighted by atomic mass is 16.5. The van der Waals surface area contributed by atoms with E-state index in [4.69, 9.17) is 10.5 Å². The molecule has 0 saturated carbocycles. The number of benzene rings is 4. The summed E-state index contributed by atoms with van der Waals surface area (Å²) in [7, 11) is 0. The van der Waals surface area contributed by atoms with Gasteiger partial charge in [-0.05, 0) is 34.9 Å². The van der Waals surface area contributed by atoms with Gasteiger partial charge in [-0.25, -0.2) is 4.79 Å². The van der Waals surface area contributed by atoms with Crippen LogP contribution in [0.5, 0.6) is 0 Å². The van der Waals surface area contributed by atoms with E-state index in [0.717, 1.165) is 16.7 Å². The van der Waals surface area contributed by atoms with Gasteiger partial charge in [0.25, 0.3) is 5.91 Å². The zero-order valence-electron chi connectivity index (χ0n) is 23.4. The molecule has 5 aromatic rings. The van der Waals surface area contributed by atoms with E-state index in [1.165, 1.54) is 16.8 Å². The molecule has 8 heteroatoms. The largest absolute Gasteiger partial charge is 0.390 e. The number of nitrogens with one attached hydrogen (secondary N) is 1. The second kappa shape index (κ2) is 12.1. The van der Waals surface area contributed by atoms with Crippen LogP contribution in [0.25, 0.3) is 0 Å². The molecule has 4 N–H and O–H groups in total. The number of amides is 1. The molecule has 0 bridgehead atoms. The molecule has 0 aliphatic carbocycles. The third kappa shape index (κ3) is 5.39. The number of anilines is 1. The van der Waals surface area contributed by atoms with E-state index in [2.05, 4.69) is 10.3 Å². The molecule has 0 spiro atoms. The molecule has 4 atom stereocenters. The first-order valence-corrected chi connectivity index (χ1v) is 14.2. The van der Waals surface area contributed by atoms with Gasteiger partial charge in [0.1, 0.15) is 18.1 Å². The van der Waals surface area contributed by atoms with E-state index >= 15 is 0 Å². The van der Waals surface area contributed by atoms with Gasteiger partial charge in [0.2, 0.25) is 0 Å². The molecular formula is C35H32N4O4. The maximum absolute atomic E-state index is 13.1. The summed E-state index contributed by atoms with van der Waals surface area (Å²) in [5.41, 5.74) is 9.05. The van der Waals surface area contributed by atoms with E-state index in [0.29, 0.717) is 5.56 Å².